The molecule has 0 aromatic carbocycles. The van der Waals surface area contributed by atoms with Crippen LogP contribution in [0.4, 0.5) is 0 Å². The molecule has 0 aromatic heterocycles. The van der Waals surface area contributed by atoms with Crippen LogP contribution in [0, 0.1) is 0 Å². The van der Waals surface area contributed by atoms with Crippen molar-refractivity contribution in [2.24, 2.45) is 0 Å². The molecule has 0 aliphatic carbocycles. The Bertz CT molecular complexity index is 1130. The van der Waals surface area contributed by atoms with Gasteiger partial charge < -0.3 is 14.2 Å². The lowest BCUT2D eigenvalue weighted by molar-refractivity contribution is -0.167. The van der Waals surface area contributed by atoms with E-state index < -0.39 is 6.10 Å². The summed E-state index contributed by atoms with van der Waals surface area (Å²) < 4.78 is 16.9. The minimum absolute atomic E-state index is 0.0747. The van der Waals surface area contributed by atoms with Crippen LogP contribution >= 0.6 is 0 Å². The Morgan fingerprint density at radius 1 is 0.299 bits per heavy atom. The monoisotopic (exact) mass is 941 g/mol. The summed E-state index contributed by atoms with van der Waals surface area (Å²) in [5.74, 6) is -0.872. The van der Waals surface area contributed by atoms with Crippen molar-refractivity contribution in [3.8, 4) is 0 Å². The Kier molecular flexibility index (Phi) is 54.2. The zero-order chi connectivity index (χ0) is 48.6. The van der Waals surface area contributed by atoms with Crippen LogP contribution in [0.5, 0.6) is 0 Å². The predicted molar refractivity (Wildman–Crippen MR) is 289 cm³/mol. The molecule has 0 saturated carbocycles. The molecular formula is C61H112O6. The molecule has 0 spiro atoms. The summed E-state index contributed by atoms with van der Waals surface area (Å²) >= 11 is 0. The molecule has 0 N–H and O–H groups in total. The lowest BCUT2D eigenvalue weighted by Gasteiger charge is -2.18. The van der Waals surface area contributed by atoms with Crippen LogP contribution in [0.15, 0.2) is 36.5 Å². The summed E-state index contributed by atoms with van der Waals surface area (Å²) in [6, 6.07) is 0. The maximum Gasteiger partial charge on any atom is 0.306 e. The number of allylic oxidation sites excluding steroid dienone is 6. The standard InChI is InChI=1S/C61H112O6/c1-4-7-10-13-16-19-22-25-28-29-30-31-34-36-39-42-45-48-51-54-60(63)66-57-58(67-61(64)55-52-49-46-43-40-37-33-27-24-21-18-15-12-9-6-3)56-65-59(62)53-50-47-44-41-38-35-32-26-23-20-17-14-11-8-5-2/h18,21,25,27-28,33,58H,4-17,19-20,22-24,26,29-32,34-57H2,1-3H3/b21-18-,28-25-,33-27-. The molecule has 0 bridgehead atoms. The molecule has 6 heteroatoms. The summed E-state index contributed by atoms with van der Waals surface area (Å²) in [6.45, 7) is 6.64. The van der Waals surface area contributed by atoms with Crippen molar-refractivity contribution in [1.29, 1.82) is 0 Å². The second-order valence-electron chi connectivity index (χ2n) is 19.9. The quantitative estimate of drug-likeness (QED) is 0.0262. The predicted octanol–water partition coefficient (Wildman–Crippen LogP) is 19.7. The fraction of sp³-hybridized carbons (Fsp3) is 0.852. The number of unbranched alkanes of at least 4 members (excludes halogenated alkanes) is 37. The van der Waals surface area contributed by atoms with Crippen molar-refractivity contribution in [1.82, 2.24) is 0 Å². The molecule has 0 radical (unpaired) electrons. The first kappa shape index (κ1) is 64.6. The molecule has 0 fully saturated rings. The molecule has 0 amide bonds. The second-order valence-corrected chi connectivity index (χ2v) is 19.9. The van der Waals surface area contributed by atoms with Gasteiger partial charge in [0.25, 0.3) is 0 Å². The maximum atomic E-state index is 12.8. The summed E-state index contributed by atoms with van der Waals surface area (Å²) in [6.07, 6.45) is 67.0. The van der Waals surface area contributed by atoms with Gasteiger partial charge in [-0.2, -0.15) is 0 Å². The number of rotatable bonds is 54. The average molecular weight is 942 g/mol. The van der Waals surface area contributed by atoms with E-state index in [9.17, 15) is 14.4 Å². The van der Waals surface area contributed by atoms with E-state index in [2.05, 4.69) is 57.2 Å². The van der Waals surface area contributed by atoms with Gasteiger partial charge in [0, 0.05) is 19.3 Å². The Balaban J connectivity index is 4.34. The third kappa shape index (κ3) is 54.4. The summed E-state index contributed by atoms with van der Waals surface area (Å²) in [5, 5.41) is 0. The van der Waals surface area contributed by atoms with Crippen LogP contribution in [0.3, 0.4) is 0 Å². The summed E-state index contributed by atoms with van der Waals surface area (Å²) in [7, 11) is 0. The highest BCUT2D eigenvalue weighted by atomic mass is 16.6. The van der Waals surface area contributed by atoms with Crippen molar-refractivity contribution in [2.45, 2.75) is 322 Å². The van der Waals surface area contributed by atoms with Crippen LogP contribution in [0.25, 0.3) is 0 Å². The molecule has 0 aliphatic heterocycles. The zero-order valence-electron chi connectivity index (χ0n) is 44.9. The second kappa shape index (κ2) is 56.2. The Morgan fingerprint density at radius 3 is 0.866 bits per heavy atom. The van der Waals surface area contributed by atoms with E-state index in [1.807, 2.05) is 0 Å². The van der Waals surface area contributed by atoms with Gasteiger partial charge in [0.2, 0.25) is 0 Å². The van der Waals surface area contributed by atoms with Crippen LogP contribution in [0.2, 0.25) is 0 Å². The highest BCUT2D eigenvalue weighted by Gasteiger charge is 2.19. The zero-order valence-corrected chi connectivity index (χ0v) is 44.9. The Labute approximate surface area is 416 Å². The normalized spacial score (nSPS) is 12.2. The molecule has 67 heavy (non-hydrogen) atoms. The van der Waals surface area contributed by atoms with Crippen LogP contribution < -0.4 is 0 Å². The summed E-state index contributed by atoms with van der Waals surface area (Å²) in [4.78, 5) is 38.2. The van der Waals surface area contributed by atoms with Crippen LogP contribution in [0.1, 0.15) is 316 Å². The molecule has 0 rings (SSSR count). The van der Waals surface area contributed by atoms with Gasteiger partial charge >= 0.3 is 17.9 Å². The van der Waals surface area contributed by atoms with E-state index in [4.69, 9.17) is 14.2 Å². The van der Waals surface area contributed by atoms with Gasteiger partial charge in [-0.05, 0) is 77.0 Å². The van der Waals surface area contributed by atoms with E-state index in [1.165, 1.54) is 193 Å². The fourth-order valence-electron chi connectivity index (χ4n) is 8.65. The first-order valence-corrected chi connectivity index (χ1v) is 29.5. The SMILES string of the molecule is CCCCC/C=C\C/C=C\CCCCCCCC(=O)OC(COC(=O)CCCCCCCCCCC/C=C\CCCCCCCC)COC(=O)CCCCCCCCCCCCCCCCC. The fourth-order valence-corrected chi connectivity index (χ4v) is 8.65. The molecule has 0 aromatic rings. The highest BCUT2D eigenvalue weighted by molar-refractivity contribution is 5.71. The van der Waals surface area contributed by atoms with E-state index in [1.54, 1.807) is 0 Å². The number of carbonyl (C=O) groups is 3. The molecule has 1 unspecified atom stereocenters. The minimum atomic E-state index is -0.777. The number of carbonyl (C=O) groups excluding carboxylic acids is 3. The number of hydrogen-bond acceptors (Lipinski definition) is 6. The summed E-state index contributed by atoms with van der Waals surface area (Å²) in [5.41, 5.74) is 0. The third-order valence-electron chi connectivity index (χ3n) is 13.1. The molecule has 392 valence electrons. The third-order valence-corrected chi connectivity index (χ3v) is 13.1. The van der Waals surface area contributed by atoms with Crippen molar-refractivity contribution < 1.29 is 28.6 Å². The van der Waals surface area contributed by atoms with E-state index in [0.29, 0.717) is 19.3 Å². The van der Waals surface area contributed by atoms with Gasteiger partial charge in [0.05, 0.1) is 0 Å². The highest BCUT2D eigenvalue weighted by Crippen LogP contribution is 2.16. The van der Waals surface area contributed by atoms with Gasteiger partial charge in [0.15, 0.2) is 6.10 Å². The van der Waals surface area contributed by atoms with E-state index in [-0.39, 0.29) is 31.1 Å². The van der Waals surface area contributed by atoms with Crippen LogP contribution in [-0.4, -0.2) is 37.2 Å². The first-order valence-electron chi connectivity index (χ1n) is 29.5. The van der Waals surface area contributed by atoms with Gasteiger partial charge in [-0.3, -0.25) is 14.4 Å². The topological polar surface area (TPSA) is 78.9 Å². The van der Waals surface area contributed by atoms with E-state index >= 15 is 0 Å². The number of hydrogen-bond donors (Lipinski definition) is 0. The van der Waals surface area contributed by atoms with Crippen molar-refractivity contribution in [3.05, 3.63) is 36.5 Å². The van der Waals surface area contributed by atoms with Crippen molar-refractivity contribution >= 4 is 17.9 Å². The molecule has 0 heterocycles. The Morgan fingerprint density at radius 2 is 0.537 bits per heavy atom. The largest absolute Gasteiger partial charge is 0.462 e. The van der Waals surface area contributed by atoms with Gasteiger partial charge in [0.1, 0.15) is 13.2 Å². The van der Waals surface area contributed by atoms with Crippen molar-refractivity contribution in [2.75, 3.05) is 13.2 Å². The molecule has 6 nitrogen and oxygen atoms in total. The first-order chi connectivity index (χ1) is 33.0. The average Bonchev–Trinajstić information content (AvgIpc) is 3.33. The number of esters is 3. The lowest BCUT2D eigenvalue weighted by atomic mass is 10.0. The minimum Gasteiger partial charge on any atom is -0.462 e. The smallest absolute Gasteiger partial charge is 0.306 e. The lowest BCUT2D eigenvalue weighted by Crippen LogP contribution is -2.30. The van der Waals surface area contributed by atoms with Crippen molar-refractivity contribution in [3.63, 3.8) is 0 Å². The maximum absolute atomic E-state index is 12.8. The molecular weight excluding hydrogens is 829 g/mol. The molecule has 0 aliphatic rings. The van der Waals surface area contributed by atoms with Gasteiger partial charge in [-0.15, -0.1) is 0 Å². The van der Waals surface area contributed by atoms with Gasteiger partial charge in [-0.1, -0.05) is 256 Å². The van der Waals surface area contributed by atoms with Gasteiger partial charge in [-0.25, -0.2) is 0 Å². The Hall–Kier alpha value is -2.37. The molecule has 0 saturated heterocycles. The molecule has 1 atom stereocenters. The number of ether oxygens (including phenoxy) is 3. The van der Waals surface area contributed by atoms with E-state index in [0.717, 1.165) is 83.5 Å². The van der Waals surface area contributed by atoms with Crippen LogP contribution in [-0.2, 0) is 28.6 Å².